The molecule has 0 spiro atoms. The average Bonchev–Trinajstić information content (AvgIpc) is 3.21. The largest absolute Gasteiger partial charge is 0.494 e. The van der Waals surface area contributed by atoms with Gasteiger partial charge in [-0.2, -0.15) is 0 Å². The summed E-state index contributed by atoms with van der Waals surface area (Å²) in [6.45, 7) is 2.78. The second-order valence-corrected chi connectivity index (χ2v) is 7.21. The molecule has 1 fully saturated rings. The Morgan fingerprint density at radius 3 is 2.34 bits per heavy atom. The smallest absolute Gasteiger partial charge is 0.270 e. The van der Waals surface area contributed by atoms with Gasteiger partial charge in [-0.25, -0.2) is 0 Å². The number of aromatic nitrogens is 1. The minimum absolute atomic E-state index is 0.00967. The lowest BCUT2D eigenvalue weighted by Crippen LogP contribution is -2.50. The van der Waals surface area contributed by atoms with Crippen LogP contribution in [0.3, 0.4) is 0 Å². The number of nitrogens with zero attached hydrogens (tertiary/aromatic N) is 2. The number of carbonyl (C=O) groups is 2. The molecule has 1 aliphatic heterocycles. The summed E-state index contributed by atoms with van der Waals surface area (Å²) in [5, 5.41) is 1.03. The van der Waals surface area contributed by atoms with Crippen molar-refractivity contribution in [1.29, 1.82) is 0 Å². The number of amides is 2. The van der Waals surface area contributed by atoms with Gasteiger partial charge in [-0.3, -0.25) is 9.59 Å². The van der Waals surface area contributed by atoms with E-state index in [-0.39, 0.29) is 11.8 Å². The Balaban J connectivity index is 1.22. The van der Waals surface area contributed by atoms with Gasteiger partial charge in [-0.05, 0) is 30.7 Å². The molecule has 0 aliphatic carbocycles. The fourth-order valence-electron chi connectivity index (χ4n) is 3.61. The van der Waals surface area contributed by atoms with Crippen LogP contribution in [0.5, 0.6) is 5.75 Å². The number of para-hydroxylation sites is 2. The number of aromatic amines is 1. The molecule has 29 heavy (non-hydrogen) atoms. The minimum atomic E-state index is -0.00967. The third-order valence-electron chi connectivity index (χ3n) is 5.23. The van der Waals surface area contributed by atoms with E-state index in [0.29, 0.717) is 51.3 Å². The first-order valence-electron chi connectivity index (χ1n) is 10.0. The number of fused-ring (bicyclic) bond motifs is 1. The van der Waals surface area contributed by atoms with Crippen LogP contribution in [0.15, 0.2) is 60.7 Å². The van der Waals surface area contributed by atoms with Gasteiger partial charge in [0.2, 0.25) is 5.91 Å². The molecular formula is C23H25N3O3. The fraction of sp³-hybridized carbons (Fsp3) is 0.304. The van der Waals surface area contributed by atoms with E-state index in [1.54, 1.807) is 0 Å². The number of carbonyl (C=O) groups excluding carboxylic acids is 2. The Kier molecular flexibility index (Phi) is 5.79. The molecule has 2 amide bonds. The summed E-state index contributed by atoms with van der Waals surface area (Å²) < 4.78 is 5.64. The van der Waals surface area contributed by atoms with Gasteiger partial charge in [0.25, 0.3) is 5.91 Å². The molecule has 1 aliphatic rings. The number of ether oxygens (including phenoxy) is 1. The van der Waals surface area contributed by atoms with Crippen molar-refractivity contribution in [2.75, 3.05) is 32.8 Å². The van der Waals surface area contributed by atoms with Crippen molar-refractivity contribution in [3.8, 4) is 5.75 Å². The topological polar surface area (TPSA) is 65.6 Å². The van der Waals surface area contributed by atoms with Gasteiger partial charge in [0.15, 0.2) is 0 Å². The van der Waals surface area contributed by atoms with Crippen LogP contribution in [0.4, 0.5) is 0 Å². The summed E-state index contributed by atoms with van der Waals surface area (Å²) in [5.74, 6) is 0.938. The molecule has 1 saturated heterocycles. The predicted molar refractivity (Wildman–Crippen MR) is 112 cm³/mol. The summed E-state index contributed by atoms with van der Waals surface area (Å²) >= 11 is 0. The van der Waals surface area contributed by atoms with Gasteiger partial charge in [0, 0.05) is 43.5 Å². The highest BCUT2D eigenvalue weighted by Crippen LogP contribution is 2.17. The Morgan fingerprint density at radius 1 is 0.897 bits per heavy atom. The maximum atomic E-state index is 12.8. The predicted octanol–water partition coefficient (Wildman–Crippen LogP) is 3.31. The monoisotopic (exact) mass is 391 g/mol. The van der Waals surface area contributed by atoms with Gasteiger partial charge < -0.3 is 19.5 Å². The van der Waals surface area contributed by atoms with Crippen molar-refractivity contribution < 1.29 is 14.3 Å². The number of hydrogen-bond donors (Lipinski definition) is 1. The van der Waals surface area contributed by atoms with Crippen LogP contribution in [0, 0.1) is 0 Å². The fourth-order valence-corrected chi connectivity index (χ4v) is 3.61. The van der Waals surface area contributed by atoms with Crippen LogP contribution >= 0.6 is 0 Å². The first kappa shape index (κ1) is 19.1. The van der Waals surface area contributed by atoms with E-state index in [1.807, 2.05) is 70.5 Å². The maximum Gasteiger partial charge on any atom is 0.270 e. The molecule has 0 saturated carbocycles. The minimum Gasteiger partial charge on any atom is -0.494 e. The standard InChI is InChI=1S/C23H25N3O3/c27-22(11-6-16-29-19-8-2-1-3-9-19)25-12-14-26(15-13-25)23(28)21-17-18-7-4-5-10-20(18)24-21/h1-5,7-10,17,24H,6,11-16H2. The van der Waals surface area contributed by atoms with Gasteiger partial charge in [0.05, 0.1) is 6.61 Å². The zero-order valence-electron chi connectivity index (χ0n) is 16.3. The lowest BCUT2D eigenvalue weighted by molar-refractivity contribution is -0.132. The lowest BCUT2D eigenvalue weighted by atomic mass is 10.2. The van der Waals surface area contributed by atoms with Crippen LogP contribution in [0.1, 0.15) is 23.3 Å². The van der Waals surface area contributed by atoms with E-state index in [2.05, 4.69) is 4.98 Å². The Bertz CT molecular complexity index is 942. The van der Waals surface area contributed by atoms with E-state index < -0.39 is 0 Å². The SMILES string of the molecule is O=C(CCCOc1ccccc1)N1CCN(C(=O)c2cc3ccccc3[nH]2)CC1. The Labute approximate surface area is 170 Å². The quantitative estimate of drug-likeness (QED) is 0.656. The zero-order valence-corrected chi connectivity index (χ0v) is 16.3. The van der Waals surface area contributed by atoms with Crippen LogP contribution in [-0.4, -0.2) is 59.4 Å². The van der Waals surface area contributed by atoms with E-state index >= 15 is 0 Å². The molecule has 1 aromatic heterocycles. The van der Waals surface area contributed by atoms with Gasteiger partial charge >= 0.3 is 0 Å². The first-order chi connectivity index (χ1) is 14.2. The van der Waals surface area contributed by atoms with Gasteiger partial charge in [-0.1, -0.05) is 36.4 Å². The van der Waals surface area contributed by atoms with E-state index in [0.717, 1.165) is 16.7 Å². The molecule has 0 atom stereocenters. The second-order valence-electron chi connectivity index (χ2n) is 7.21. The summed E-state index contributed by atoms with van der Waals surface area (Å²) in [4.78, 5) is 32.0. The van der Waals surface area contributed by atoms with E-state index in [4.69, 9.17) is 4.74 Å². The molecule has 0 radical (unpaired) electrons. The summed E-state index contributed by atoms with van der Waals surface area (Å²) in [6, 6.07) is 19.4. The molecule has 150 valence electrons. The van der Waals surface area contributed by atoms with Crippen LogP contribution in [0.2, 0.25) is 0 Å². The highest BCUT2D eigenvalue weighted by atomic mass is 16.5. The van der Waals surface area contributed by atoms with Gasteiger partial charge in [0.1, 0.15) is 11.4 Å². The average molecular weight is 391 g/mol. The van der Waals surface area contributed by atoms with Gasteiger partial charge in [-0.15, -0.1) is 0 Å². The van der Waals surface area contributed by atoms with Crippen molar-refractivity contribution in [3.05, 3.63) is 66.4 Å². The molecule has 2 heterocycles. The summed E-state index contributed by atoms with van der Waals surface area (Å²) in [7, 11) is 0. The van der Waals surface area contributed by atoms with Crippen molar-refractivity contribution in [1.82, 2.24) is 14.8 Å². The molecule has 4 rings (SSSR count). The third kappa shape index (κ3) is 4.59. The molecular weight excluding hydrogens is 366 g/mol. The summed E-state index contributed by atoms with van der Waals surface area (Å²) in [5.41, 5.74) is 1.56. The number of rotatable bonds is 6. The molecule has 6 heteroatoms. The number of piperazine rings is 1. The van der Waals surface area contributed by atoms with Crippen molar-refractivity contribution in [3.63, 3.8) is 0 Å². The molecule has 3 aromatic rings. The molecule has 0 unspecified atom stereocenters. The molecule has 2 aromatic carbocycles. The highest BCUT2D eigenvalue weighted by Gasteiger charge is 2.25. The molecule has 6 nitrogen and oxygen atoms in total. The second kappa shape index (κ2) is 8.82. The number of hydrogen-bond acceptors (Lipinski definition) is 3. The first-order valence-corrected chi connectivity index (χ1v) is 10.0. The Morgan fingerprint density at radius 2 is 1.59 bits per heavy atom. The normalized spacial score (nSPS) is 14.2. The summed E-state index contributed by atoms with van der Waals surface area (Å²) in [6.07, 6.45) is 1.14. The third-order valence-corrected chi connectivity index (χ3v) is 5.23. The molecule has 1 N–H and O–H groups in total. The van der Waals surface area contributed by atoms with Crippen molar-refractivity contribution in [2.45, 2.75) is 12.8 Å². The van der Waals surface area contributed by atoms with Crippen LogP contribution in [-0.2, 0) is 4.79 Å². The lowest BCUT2D eigenvalue weighted by Gasteiger charge is -2.34. The Hall–Kier alpha value is -3.28. The maximum absolute atomic E-state index is 12.8. The molecule has 0 bridgehead atoms. The van der Waals surface area contributed by atoms with E-state index in [9.17, 15) is 9.59 Å². The van der Waals surface area contributed by atoms with Crippen LogP contribution < -0.4 is 4.74 Å². The van der Waals surface area contributed by atoms with Crippen molar-refractivity contribution in [2.24, 2.45) is 0 Å². The van der Waals surface area contributed by atoms with E-state index in [1.165, 1.54) is 0 Å². The number of benzene rings is 2. The number of nitrogens with one attached hydrogen (secondary N) is 1. The highest BCUT2D eigenvalue weighted by molar-refractivity contribution is 5.98. The zero-order chi connectivity index (χ0) is 20.1. The van der Waals surface area contributed by atoms with Crippen molar-refractivity contribution >= 4 is 22.7 Å². The van der Waals surface area contributed by atoms with Crippen LogP contribution in [0.25, 0.3) is 10.9 Å². The number of H-pyrrole nitrogens is 1.